The summed E-state index contributed by atoms with van der Waals surface area (Å²) in [6, 6.07) is 7.64. The van der Waals surface area contributed by atoms with Gasteiger partial charge < -0.3 is 14.5 Å². The number of aryl methyl sites for hydroxylation is 1. The Morgan fingerprint density at radius 2 is 2.24 bits per heavy atom. The first-order chi connectivity index (χ1) is 11.9. The molecule has 2 aromatic heterocycles. The van der Waals surface area contributed by atoms with Crippen molar-refractivity contribution in [3.8, 4) is 5.75 Å². The van der Waals surface area contributed by atoms with E-state index in [0.29, 0.717) is 21.6 Å². The quantitative estimate of drug-likeness (QED) is 0.519. The number of carbonyl (C=O) groups excluding carboxylic acids is 1. The number of non-ortho nitro benzene ring substituents is 1. The number of benzene rings is 1. The summed E-state index contributed by atoms with van der Waals surface area (Å²) < 4.78 is 7.88. The van der Waals surface area contributed by atoms with Crippen LogP contribution in [0, 0.1) is 17.0 Å². The first-order valence-electron chi connectivity index (χ1n) is 7.25. The number of hydrogen-bond acceptors (Lipinski definition) is 5. The van der Waals surface area contributed by atoms with Gasteiger partial charge in [-0.3, -0.25) is 14.9 Å². The van der Waals surface area contributed by atoms with Gasteiger partial charge in [0.15, 0.2) is 18.0 Å². The highest BCUT2D eigenvalue weighted by Gasteiger charge is 2.13. The van der Waals surface area contributed by atoms with E-state index in [9.17, 15) is 14.9 Å². The molecule has 0 spiro atoms. The molecule has 0 radical (unpaired) electrons. The summed E-state index contributed by atoms with van der Waals surface area (Å²) in [4.78, 5) is 26.8. The van der Waals surface area contributed by atoms with E-state index in [2.05, 4.69) is 26.2 Å². The van der Waals surface area contributed by atoms with E-state index in [1.165, 1.54) is 18.2 Å². The average molecular weight is 405 g/mol. The van der Waals surface area contributed by atoms with Crippen molar-refractivity contribution < 1.29 is 14.5 Å². The molecular weight excluding hydrogens is 392 g/mol. The van der Waals surface area contributed by atoms with Crippen LogP contribution in [0.3, 0.4) is 0 Å². The molecule has 3 rings (SSSR count). The minimum atomic E-state index is -0.528. The highest BCUT2D eigenvalue weighted by molar-refractivity contribution is 9.10. The van der Waals surface area contributed by atoms with E-state index in [1.807, 2.05) is 19.3 Å². The molecule has 0 aliphatic rings. The lowest BCUT2D eigenvalue weighted by atomic mass is 10.3. The van der Waals surface area contributed by atoms with E-state index in [4.69, 9.17) is 4.74 Å². The topological polar surface area (TPSA) is 98.8 Å². The second kappa shape index (κ2) is 6.89. The molecule has 0 saturated heterocycles. The van der Waals surface area contributed by atoms with Crippen LogP contribution in [0.4, 0.5) is 11.4 Å². The van der Waals surface area contributed by atoms with Gasteiger partial charge in [-0.05, 0) is 41.1 Å². The molecule has 0 bridgehead atoms. The Hall–Kier alpha value is -2.94. The number of halogens is 1. The fourth-order valence-electron chi connectivity index (χ4n) is 2.27. The van der Waals surface area contributed by atoms with E-state index >= 15 is 0 Å². The Morgan fingerprint density at radius 3 is 3.00 bits per heavy atom. The largest absolute Gasteiger partial charge is 0.480 e. The number of imidazole rings is 1. The number of anilines is 1. The predicted molar refractivity (Wildman–Crippen MR) is 94.9 cm³/mol. The van der Waals surface area contributed by atoms with Crippen LogP contribution in [-0.2, 0) is 4.79 Å². The Morgan fingerprint density at radius 1 is 1.44 bits per heavy atom. The third-order valence-corrected chi connectivity index (χ3v) is 4.05. The highest BCUT2D eigenvalue weighted by Crippen LogP contribution is 2.27. The molecule has 0 unspecified atom stereocenters. The molecular formula is C16H13BrN4O4. The summed E-state index contributed by atoms with van der Waals surface area (Å²) in [5.41, 5.74) is 1.64. The molecule has 0 fully saturated rings. The number of nitrogens with zero attached hydrogens (tertiary/aromatic N) is 3. The van der Waals surface area contributed by atoms with Crippen molar-refractivity contribution in [2.45, 2.75) is 6.92 Å². The Bertz CT molecular complexity index is 970. The van der Waals surface area contributed by atoms with E-state index in [0.717, 1.165) is 5.69 Å². The van der Waals surface area contributed by atoms with Crippen molar-refractivity contribution in [3.63, 3.8) is 0 Å². The molecule has 3 aromatic rings. The summed E-state index contributed by atoms with van der Waals surface area (Å²) in [6.45, 7) is 1.62. The van der Waals surface area contributed by atoms with Crippen molar-refractivity contribution >= 4 is 38.9 Å². The van der Waals surface area contributed by atoms with Crippen molar-refractivity contribution in [2.75, 3.05) is 11.9 Å². The number of ether oxygens (including phenoxy) is 1. The number of amides is 1. The molecule has 1 aromatic carbocycles. The molecule has 1 N–H and O–H groups in total. The molecule has 0 aliphatic heterocycles. The van der Waals surface area contributed by atoms with Gasteiger partial charge in [0, 0.05) is 29.0 Å². The van der Waals surface area contributed by atoms with E-state index in [-0.39, 0.29) is 12.3 Å². The van der Waals surface area contributed by atoms with Gasteiger partial charge in [-0.25, -0.2) is 4.98 Å². The predicted octanol–water partition coefficient (Wildman–Crippen LogP) is 3.33. The maximum absolute atomic E-state index is 12.1. The molecule has 0 aliphatic carbocycles. The van der Waals surface area contributed by atoms with Crippen LogP contribution >= 0.6 is 15.9 Å². The summed E-state index contributed by atoms with van der Waals surface area (Å²) in [5, 5.41) is 13.4. The lowest BCUT2D eigenvalue weighted by Crippen LogP contribution is -2.20. The van der Waals surface area contributed by atoms with Gasteiger partial charge in [0.1, 0.15) is 0 Å². The molecule has 2 heterocycles. The zero-order valence-electron chi connectivity index (χ0n) is 13.1. The Kier molecular flexibility index (Phi) is 4.66. The van der Waals surface area contributed by atoms with Crippen molar-refractivity contribution in [2.24, 2.45) is 0 Å². The number of aromatic nitrogens is 2. The van der Waals surface area contributed by atoms with Crippen LogP contribution in [0.1, 0.15) is 5.69 Å². The van der Waals surface area contributed by atoms with E-state index < -0.39 is 10.8 Å². The van der Waals surface area contributed by atoms with Crippen LogP contribution in [0.2, 0.25) is 0 Å². The Labute approximate surface area is 150 Å². The zero-order valence-corrected chi connectivity index (χ0v) is 14.7. The van der Waals surface area contributed by atoms with Crippen LogP contribution in [0.25, 0.3) is 5.65 Å². The molecule has 0 saturated carbocycles. The molecule has 0 atom stereocenters. The minimum absolute atomic E-state index is 0.114. The number of fused-ring (bicyclic) bond motifs is 1. The fourth-order valence-corrected chi connectivity index (χ4v) is 2.62. The normalized spacial score (nSPS) is 10.6. The van der Waals surface area contributed by atoms with Crippen LogP contribution in [0.5, 0.6) is 5.75 Å². The van der Waals surface area contributed by atoms with Crippen molar-refractivity contribution in [3.05, 3.63) is 63.0 Å². The fraction of sp³-hybridized carbons (Fsp3) is 0.125. The number of nitro benzene ring substituents is 1. The monoisotopic (exact) mass is 404 g/mol. The lowest BCUT2D eigenvalue weighted by molar-refractivity contribution is -0.384. The lowest BCUT2D eigenvalue weighted by Gasteiger charge is -2.09. The number of nitrogens with one attached hydrogen (secondary N) is 1. The SMILES string of the molecule is Cc1cn2cccc(OCC(=O)Nc3cc([N+](=O)[O-])ccc3Br)c2n1. The highest BCUT2D eigenvalue weighted by atomic mass is 79.9. The van der Waals surface area contributed by atoms with Crippen molar-refractivity contribution in [1.82, 2.24) is 9.38 Å². The average Bonchev–Trinajstić information content (AvgIpc) is 2.95. The summed E-state index contributed by atoms with van der Waals surface area (Å²) >= 11 is 3.25. The van der Waals surface area contributed by atoms with Crippen molar-refractivity contribution in [1.29, 1.82) is 0 Å². The summed E-state index contributed by atoms with van der Waals surface area (Å²) in [7, 11) is 0. The van der Waals surface area contributed by atoms with Gasteiger partial charge in [-0.1, -0.05) is 0 Å². The summed E-state index contributed by atoms with van der Waals surface area (Å²) in [5.74, 6) is 0.0373. The van der Waals surface area contributed by atoms with Crippen LogP contribution < -0.4 is 10.1 Å². The van der Waals surface area contributed by atoms with E-state index in [1.54, 1.807) is 16.5 Å². The molecule has 25 heavy (non-hydrogen) atoms. The number of carbonyl (C=O) groups is 1. The minimum Gasteiger partial charge on any atom is -0.480 e. The molecule has 8 nitrogen and oxygen atoms in total. The van der Waals surface area contributed by atoms with Gasteiger partial charge in [-0.15, -0.1) is 0 Å². The van der Waals surface area contributed by atoms with Gasteiger partial charge >= 0.3 is 0 Å². The molecule has 1 amide bonds. The van der Waals surface area contributed by atoms with Crippen LogP contribution in [-0.4, -0.2) is 26.8 Å². The first kappa shape index (κ1) is 16.9. The Balaban J connectivity index is 1.71. The maximum atomic E-state index is 12.1. The zero-order chi connectivity index (χ0) is 18.0. The molecule has 9 heteroatoms. The number of rotatable bonds is 5. The van der Waals surface area contributed by atoms with Crippen LogP contribution in [0.15, 0.2) is 47.2 Å². The number of nitro groups is 1. The second-order valence-electron chi connectivity index (χ2n) is 5.24. The maximum Gasteiger partial charge on any atom is 0.271 e. The smallest absolute Gasteiger partial charge is 0.271 e. The second-order valence-corrected chi connectivity index (χ2v) is 6.10. The third-order valence-electron chi connectivity index (χ3n) is 3.36. The van der Waals surface area contributed by atoms with Gasteiger partial charge in [0.2, 0.25) is 0 Å². The van der Waals surface area contributed by atoms with Gasteiger partial charge in [0.25, 0.3) is 11.6 Å². The van der Waals surface area contributed by atoms with Gasteiger partial charge in [0.05, 0.1) is 16.3 Å². The number of pyridine rings is 1. The van der Waals surface area contributed by atoms with Gasteiger partial charge in [-0.2, -0.15) is 0 Å². The number of hydrogen-bond donors (Lipinski definition) is 1. The molecule has 128 valence electrons. The summed E-state index contributed by atoms with van der Waals surface area (Å²) in [6.07, 6.45) is 3.69. The standard InChI is InChI=1S/C16H13BrN4O4/c1-10-8-20-6-2-3-14(16(20)18-10)25-9-15(22)19-13-7-11(21(23)24)4-5-12(13)17/h2-8H,9H2,1H3,(H,19,22). The first-order valence-corrected chi connectivity index (χ1v) is 8.04. The third kappa shape index (κ3) is 3.77.